The van der Waals surface area contributed by atoms with Crippen LogP contribution in [0.4, 0.5) is 0 Å². The first-order chi connectivity index (χ1) is 9.36. The number of para-hydroxylation sites is 1. The molecule has 0 N–H and O–H groups in total. The molecule has 1 aromatic rings. The number of ketones is 1. The van der Waals surface area contributed by atoms with Gasteiger partial charge >= 0.3 is 0 Å². The highest BCUT2D eigenvalue weighted by molar-refractivity contribution is 6.00. The molecule has 3 rings (SSSR count). The van der Waals surface area contributed by atoms with Crippen molar-refractivity contribution in [2.75, 3.05) is 6.61 Å². The zero-order valence-corrected chi connectivity index (χ0v) is 11.5. The SMILES string of the molecule is O=C(c1cccc2c1OCCC2)C1CCCCCC1. The third kappa shape index (κ3) is 2.68. The van der Waals surface area contributed by atoms with Crippen LogP contribution in [0.25, 0.3) is 0 Å². The lowest BCUT2D eigenvalue weighted by atomic mass is 9.89. The van der Waals surface area contributed by atoms with Crippen LogP contribution in [0.5, 0.6) is 5.75 Å². The van der Waals surface area contributed by atoms with E-state index in [0.29, 0.717) is 5.78 Å². The van der Waals surface area contributed by atoms with E-state index in [-0.39, 0.29) is 5.92 Å². The second kappa shape index (κ2) is 5.77. The molecular weight excluding hydrogens is 236 g/mol. The molecule has 19 heavy (non-hydrogen) atoms. The van der Waals surface area contributed by atoms with Gasteiger partial charge in [-0.3, -0.25) is 4.79 Å². The van der Waals surface area contributed by atoms with Crippen molar-refractivity contribution in [1.82, 2.24) is 0 Å². The molecule has 102 valence electrons. The fourth-order valence-electron chi connectivity index (χ4n) is 3.34. The number of ether oxygens (including phenoxy) is 1. The summed E-state index contributed by atoms with van der Waals surface area (Å²) in [6, 6.07) is 6.06. The second-order valence-corrected chi connectivity index (χ2v) is 5.80. The Labute approximate surface area is 115 Å². The lowest BCUT2D eigenvalue weighted by Gasteiger charge is -2.21. The number of hydrogen-bond donors (Lipinski definition) is 0. The van der Waals surface area contributed by atoms with Crippen LogP contribution >= 0.6 is 0 Å². The van der Waals surface area contributed by atoms with Crippen molar-refractivity contribution in [3.8, 4) is 5.75 Å². The van der Waals surface area contributed by atoms with Gasteiger partial charge in [0.2, 0.25) is 0 Å². The topological polar surface area (TPSA) is 26.3 Å². The molecule has 0 amide bonds. The Balaban J connectivity index is 1.86. The van der Waals surface area contributed by atoms with Crippen molar-refractivity contribution in [3.63, 3.8) is 0 Å². The molecule has 2 nitrogen and oxygen atoms in total. The summed E-state index contributed by atoms with van der Waals surface area (Å²) >= 11 is 0. The highest BCUT2D eigenvalue weighted by Gasteiger charge is 2.26. The molecule has 0 bridgehead atoms. The molecule has 0 radical (unpaired) electrons. The fraction of sp³-hybridized carbons (Fsp3) is 0.588. The Morgan fingerprint density at radius 1 is 1.05 bits per heavy atom. The van der Waals surface area contributed by atoms with Crippen molar-refractivity contribution in [3.05, 3.63) is 29.3 Å². The van der Waals surface area contributed by atoms with Crippen LogP contribution in [0.15, 0.2) is 18.2 Å². The molecular formula is C17H22O2. The number of hydrogen-bond acceptors (Lipinski definition) is 2. The lowest BCUT2D eigenvalue weighted by Crippen LogP contribution is -2.18. The Bertz CT molecular complexity index is 456. The number of Topliss-reactive ketones (excluding diaryl/α,β-unsaturated/α-hetero) is 1. The summed E-state index contributed by atoms with van der Waals surface area (Å²) in [5.74, 6) is 1.42. The number of benzene rings is 1. The normalized spacial score (nSPS) is 20.2. The Morgan fingerprint density at radius 3 is 2.63 bits per heavy atom. The predicted octanol–water partition coefficient (Wildman–Crippen LogP) is 4.16. The average Bonchev–Trinajstić information content (AvgIpc) is 2.75. The number of fused-ring (bicyclic) bond motifs is 1. The van der Waals surface area contributed by atoms with E-state index in [1.54, 1.807) is 0 Å². The molecule has 0 atom stereocenters. The summed E-state index contributed by atoms with van der Waals surface area (Å²) in [5.41, 5.74) is 2.05. The monoisotopic (exact) mass is 258 g/mol. The zero-order chi connectivity index (χ0) is 13.1. The summed E-state index contributed by atoms with van der Waals surface area (Å²) in [5, 5.41) is 0. The molecule has 2 heteroatoms. The number of aryl methyl sites for hydroxylation is 1. The maximum Gasteiger partial charge on any atom is 0.169 e. The summed E-state index contributed by atoms with van der Waals surface area (Å²) < 4.78 is 5.78. The van der Waals surface area contributed by atoms with Gasteiger partial charge in [-0.25, -0.2) is 0 Å². The van der Waals surface area contributed by atoms with E-state index in [1.807, 2.05) is 12.1 Å². The van der Waals surface area contributed by atoms with Gasteiger partial charge in [-0.15, -0.1) is 0 Å². The Kier molecular flexibility index (Phi) is 3.86. The maximum absolute atomic E-state index is 12.7. The third-order valence-electron chi connectivity index (χ3n) is 4.42. The van der Waals surface area contributed by atoms with Gasteiger partial charge in [0.15, 0.2) is 5.78 Å². The summed E-state index contributed by atoms with van der Waals surface area (Å²) in [6.45, 7) is 0.752. The molecule has 1 aliphatic heterocycles. The van der Waals surface area contributed by atoms with Crippen LogP contribution in [-0.2, 0) is 6.42 Å². The summed E-state index contributed by atoms with van der Waals surface area (Å²) in [6.07, 6.45) is 9.19. The maximum atomic E-state index is 12.7. The number of carbonyl (C=O) groups is 1. The molecule has 1 aromatic carbocycles. The molecule has 1 fully saturated rings. The van der Waals surface area contributed by atoms with Crippen molar-refractivity contribution in [2.24, 2.45) is 5.92 Å². The van der Waals surface area contributed by atoms with Crippen molar-refractivity contribution >= 4 is 5.78 Å². The Hall–Kier alpha value is -1.31. The van der Waals surface area contributed by atoms with E-state index in [9.17, 15) is 4.79 Å². The van der Waals surface area contributed by atoms with Crippen LogP contribution in [0.3, 0.4) is 0 Å². The van der Waals surface area contributed by atoms with Crippen LogP contribution in [0.2, 0.25) is 0 Å². The summed E-state index contributed by atoms with van der Waals surface area (Å²) in [4.78, 5) is 12.7. The van der Waals surface area contributed by atoms with E-state index in [2.05, 4.69) is 6.07 Å². The molecule has 0 unspecified atom stereocenters. The van der Waals surface area contributed by atoms with Crippen molar-refractivity contribution in [2.45, 2.75) is 51.4 Å². The third-order valence-corrected chi connectivity index (χ3v) is 4.42. The molecule has 1 saturated carbocycles. The van der Waals surface area contributed by atoms with Gasteiger partial charge in [0, 0.05) is 5.92 Å². The van der Waals surface area contributed by atoms with Crippen molar-refractivity contribution < 1.29 is 9.53 Å². The molecule has 2 aliphatic rings. The van der Waals surface area contributed by atoms with Crippen molar-refractivity contribution in [1.29, 1.82) is 0 Å². The molecule has 0 saturated heterocycles. The Morgan fingerprint density at radius 2 is 1.84 bits per heavy atom. The van der Waals surface area contributed by atoms with Gasteiger partial charge in [0.1, 0.15) is 5.75 Å². The van der Waals surface area contributed by atoms with Gasteiger partial charge in [0.05, 0.1) is 12.2 Å². The van der Waals surface area contributed by atoms with E-state index in [4.69, 9.17) is 4.74 Å². The first-order valence-corrected chi connectivity index (χ1v) is 7.65. The van der Waals surface area contributed by atoms with E-state index >= 15 is 0 Å². The van der Waals surface area contributed by atoms with Crippen LogP contribution in [0.1, 0.15) is 60.9 Å². The summed E-state index contributed by atoms with van der Waals surface area (Å²) in [7, 11) is 0. The smallest absolute Gasteiger partial charge is 0.169 e. The highest BCUT2D eigenvalue weighted by atomic mass is 16.5. The highest BCUT2D eigenvalue weighted by Crippen LogP contribution is 2.33. The number of carbonyl (C=O) groups excluding carboxylic acids is 1. The van der Waals surface area contributed by atoms with E-state index in [1.165, 1.54) is 31.2 Å². The van der Waals surface area contributed by atoms with Gasteiger partial charge < -0.3 is 4.74 Å². The first-order valence-electron chi connectivity index (χ1n) is 7.65. The van der Waals surface area contributed by atoms with Gasteiger partial charge in [-0.2, -0.15) is 0 Å². The number of rotatable bonds is 2. The van der Waals surface area contributed by atoms with Crippen LogP contribution in [0, 0.1) is 5.92 Å². The molecule has 0 spiro atoms. The predicted molar refractivity (Wildman–Crippen MR) is 75.8 cm³/mol. The zero-order valence-electron chi connectivity index (χ0n) is 11.5. The quantitative estimate of drug-likeness (QED) is 0.588. The lowest BCUT2D eigenvalue weighted by molar-refractivity contribution is 0.0902. The molecule has 0 aromatic heterocycles. The fourth-order valence-corrected chi connectivity index (χ4v) is 3.34. The van der Waals surface area contributed by atoms with E-state index < -0.39 is 0 Å². The van der Waals surface area contributed by atoms with Crippen LogP contribution in [-0.4, -0.2) is 12.4 Å². The molecule has 1 heterocycles. The van der Waals surface area contributed by atoms with Gasteiger partial charge in [-0.1, -0.05) is 37.8 Å². The first kappa shape index (κ1) is 12.7. The van der Waals surface area contributed by atoms with Gasteiger partial charge in [-0.05, 0) is 37.3 Å². The average molecular weight is 258 g/mol. The minimum atomic E-state index is 0.222. The van der Waals surface area contributed by atoms with E-state index in [0.717, 1.165) is 43.6 Å². The van der Waals surface area contributed by atoms with Gasteiger partial charge in [0.25, 0.3) is 0 Å². The van der Waals surface area contributed by atoms with Crippen LogP contribution < -0.4 is 4.74 Å². The second-order valence-electron chi connectivity index (χ2n) is 5.80. The molecule has 1 aliphatic carbocycles. The largest absolute Gasteiger partial charge is 0.493 e. The minimum absolute atomic E-state index is 0.222. The standard InChI is InChI=1S/C17H22O2/c18-16(13-7-3-1-2-4-8-13)15-11-5-9-14-10-6-12-19-17(14)15/h5,9,11,13H,1-4,6-8,10,12H2. The minimum Gasteiger partial charge on any atom is -0.493 e.